The molecule has 3 heteroatoms. The number of nitrogens with two attached hydrogens (primary N) is 1. The third-order valence-corrected chi connectivity index (χ3v) is 3.00. The molecule has 2 aromatic rings. The van der Waals surface area contributed by atoms with E-state index in [9.17, 15) is 0 Å². The van der Waals surface area contributed by atoms with E-state index < -0.39 is 0 Å². The number of fused-ring (bicyclic) bond motifs is 1. The molecular formula is C12H15BrN2. The Morgan fingerprint density at radius 3 is 2.93 bits per heavy atom. The maximum Gasteiger partial charge on any atom is 0.0467 e. The average molecular weight is 267 g/mol. The first-order chi connectivity index (χ1) is 7.15. The molecule has 0 spiro atoms. The first-order valence-electron chi connectivity index (χ1n) is 5.18. The highest BCUT2D eigenvalue weighted by atomic mass is 79.9. The second-order valence-electron chi connectivity index (χ2n) is 4.04. The number of rotatable bonds is 3. The fraction of sp³-hybridized carbons (Fsp3) is 0.333. The van der Waals surface area contributed by atoms with Crippen LogP contribution in [0.2, 0.25) is 0 Å². The Hall–Kier alpha value is -0.800. The Labute approximate surface area is 98.0 Å². The van der Waals surface area contributed by atoms with E-state index in [1.165, 1.54) is 16.6 Å². The highest BCUT2D eigenvalue weighted by molar-refractivity contribution is 9.10. The molecule has 1 unspecified atom stereocenters. The summed E-state index contributed by atoms with van der Waals surface area (Å²) in [5.74, 6) is 0. The van der Waals surface area contributed by atoms with Crippen LogP contribution in [0.15, 0.2) is 28.7 Å². The second kappa shape index (κ2) is 4.37. The van der Waals surface area contributed by atoms with Crippen molar-refractivity contribution in [1.82, 2.24) is 4.98 Å². The topological polar surface area (TPSA) is 41.8 Å². The third-order valence-electron chi connectivity index (χ3n) is 2.51. The van der Waals surface area contributed by atoms with E-state index in [2.05, 4.69) is 45.2 Å². The van der Waals surface area contributed by atoms with Crippen molar-refractivity contribution in [3.63, 3.8) is 0 Å². The van der Waals surface area contributed by atoms with Gasteiger partial charge >= 0.3 is 0 Å². The summed E-state index contributed by atoms with van der Waals surface area (Å²) < 4.78 is 1.11. The van der Waals surface area contributed by atoms with E-state index in [0.29, 0.717) is 0 Å². The molecule has 2 nitrogen and oxygen atoms in total. The molecule has 0 aliphatic heterocycles. The SMILES string of the molecule is CC(N)CCc1cc2ccc(Br)cc2[nH]1. The lowest BCUT2D eigenvalue weighted by Gasteiger charge is -2.01. The Bertz CT molecular complexity index is 460. The van der Waals surface area contributed by atoms with E-state index >= 15 is 0 Å². The summed E-state index contributed by atoms with van der Waals surface area (Å²) in [6.07, 6.45) is 2.04. The molecule has 1 aromatic carbocycles. The largest absolute Gasteiger partial charge is 0.358 e. The number of H-pyrrole nitrogens is 1. The van der Waals surface area contributed by atoms with Gasteiger partial charge < -0.3 is 10.7 Å². The van der Waals surface area contributed by atoms with Crippen LogP contribution < -0.4 is 5.73 Å². The van der Waals surface area contributed by atoms with Gasteiger partial charge in [-0.05, 0) is 43.4 Å². The fourth-order valence-corrected chi connectivity index (χ4v) is 2.04. The van der Waals surface area contributed by atoms with Crippen LogP contribution in [0.3, 0.4) is 0 Å². The molecule has 1 heterocycles. The zero-order chi connectivity index (χ0) is 10.8. The van der Waals surface area contributed by atoms with Crippen LogP contribution in [0.25, 0.3) is 10.9 Å². The van der Waals surface area contributed by atoms with Crippen molar-refractivity contribution in [2.24, 2.45) is 5.73 Å². The van der Waals surface area contributed by atoms with Gasteiger partial charge in [0.1, 0.15) is 0 Å². The molecule has 2 rings (SSSR count). The van der Waals surface area contributed by atoms with Crippen molar-refractivity contribution in [1.29, 1.82) is 0 Å². The van der Waals surface area contributed by atoms with Gasteiger partial charge in [0.25, 0.3) is 0 Å². The lowest BCUT2D eigenvalue weighted by molar-refractivity contribution is 0.660. The van der Waals surface area contributed by atoms with Gasteiger partial charge in [0.15, 0.2) is 0 Å². The summed E-state index contributed by atoms with van der Waals surface area (Å²) in [7, 11) is 0. The lowest BCUT2D eigenvalue weighted by atomic mass is 10.1. The molecule has 0 saturated heterocycles. The summed E-state index contributed by atoms with van der Waals surface area (Å²) >= 11 is 3.46. The maximum absolute atomic E-state index is 5.74. The number of benzene rings is 1. The second-order valence-corrected chi connectivity index (χ2v) is 4.96. The number of aryl methyl sites for hydroxylation is 1. The van der Waals surface area contributed by atoms with Crippen molar-refractivity contribution in [2.75, 3.05) is 0 Å². The number of nitrogens with one attached hydrogen (secondary N) is 1. The van der Waals surface area contributed by atoms with Gasteiger partial charge in [0.05, 0.1) is 0 Å². The van der Waals surface area contributed by atoms with Crippen molar-refractivity contribution >= 4 is 26.8 Å². The van der Waals surface area contributed by atoms with E-state index in [1.54, 1.807) is 0 Å². The Kier molecular flexibility index (Phi) is 3.12. The Morgan fingerprint density at radius 1 is 1.40 bits per heavy atom. The molecule has 1 atom stereocenters. The zero-order valence-electron chi connectivity index (χ0n) is 8.76. The molecule has 3 N–H and O–H groups in total. The minimum atomic E-state index is 0.267. The molecule has 80 valence electrons. The normalized spacial score (nSPS) is 13.3. The number of halogens is 1. The number of hydrogen-bond donors (Lipinski definition) is 2. The van der Waals surface area contributed by atoms with Gasteiger partial charge in [0.2, 0.25) is 0 Å². The van der Waals surface area contributed by atoms with Gasteiger partial charge in [-0.2, -0.15) is 0 Å². The van der Waals surface area contributed by atoms with Crippen LogP contribution in [0, 0.1) is 0 Å². The van der Waals surface area contributed by atoms with Crippen molar-refractivity contribution in [3.8, 4) is 0 Å². The van der Waals surface area contributed by atoms with Crippen LogP contribution in [-0.2, 0) is 6.42 Å². The fourth-order valence-electron chi connectivity index (χ4n) is 1.68. The summed E-state index contributed by atoms with van der Waals surface area (Å²) in [6.45, 7) is 2.04. The zero-order valence-corrected chi connectivity index (χ0v) is 10.3. The first kappa shape index (κ1) is 10.7. The lowest BCUT2D eigenvalue weighted by Crippen LogP contribution is -2.15. The van der Waals surface area contributed by atoms with E-state index in [1.807, 2.05) is 6.92 Å². The minimum Gasteiger partial charge on any atom is -0.358 e. The van der Waals surface area contributed by atoms with E-state index in [-0.39, 0.29) is 6.04 Å². The van der Waals surface area contributed by atoms with Crippen molar-refractivity contribution in [2.45, 2.75) is 25.8 Å². The summed E-state index contributed by atoms with van der Waals surface area (Å²) in [5, 5.41) is 1.26. The molecular weight excluding hydrogens is 252 g/mol. The smallest absolute Gasteiger partial charge is 0.0467 e. The molecule has 15 heavy (non-hydrogen) atoms. The quantitative estimate of drug-likeness (QED) is 0.880. The number of aromatic amines is 1. The highest BCUT2D eigenvalue weighted by Gasteiger charge is 2.02. The van der Waals surface area contributed by atoms with E-state index in [4.69, 9.17) is 5.73 Å². The Balaban J connectivity index is 2.23. The summed E-state index contributed by atoms with van der Waals surface area (Å²) in [5.41, 5.74) is 8.19. The first-order valence-corrected chi connectivity index (χ1v) is 5.97. The average Bonchev–Trinajstić information content (AvgIpc) is 2.56. The van der Waals surface area contributed by atoms with Crippen LogP contribution >= 0.6 is 15.9 Å². The molecule has 0 amide bonds. The predicted molar refractivity (Wildman–Crippen MR) is 68.0 cm³/mol. The molecule has 0 aliphatic carbocycles. The van der Waals surface area contributed by atoms with Gasteiger partial charge in [0, 0.05) is 21.7 Å². The minimum absolute atomic E-state index is 0.267. The van der Waals surface area contributed by atoms with Gasteiger partial charge in [-0.25, -0.2) is 0 Å². The molecule has 0 aliphatic rings. The molecule has 1 aromatic heterocycles. The molecule has 0 fully saturated rings. The number of aromatic nitrogens is 1. The predicted octanol–water partition coefficient (Wildman–Crippen LogP) is 3.21. The van der Waals surface area contributed by atoms with Crippen LogP contribution in [0.5, 0.6) is 0 Å². The maximum atomic E-state index is 5.74. The number of hydrogen-bond acceptors (Lipinski definition) is 1. The van der Waals surface area contributed by atoms with Gasteiger partial charge in [-0.15, -0.1) is 0 Å². The van der Waals surface area contributed by atoms with Gasteiger partial charge in [-0.1, -0.05) is 22.0 Å². The van der Waals surface area contributed by atoms with Crippen LogP contribution in [0.4, 0.5) is 0 Å². The van der Waals surface area contributed by atoms with Crippen LogP contribution in [0.1, 0.15) is 19.0 Å². The van der Waals surface area contributed by atoms with E-state index in [0.717, 1.165) is 17.3 Å². The van der Waals surface area contributed by atoms with Crippen molar-refractivity contribution in [3.05, 3.63) is 34.4 Å². The standard InChI is InChI=1S/C12H15BrN2/c1-8(14)2-5-11-6-9-3-4-10(13)7-12(9)15-11/h3-4,6-8,15H,2,5,14H2,1H3. The van der Waals surface area contributed by atoms with Crippen LogP contribution in [-0.4, -0.2) is 11.0 Å². The monoisotopic (exact) mass is 266 g/mol. The molecule has 0 saturated carbocycles. The Morgan fingerprint density at radius 2 is 2.20 bits per heavy atom. The highest BCUT2D eigenvalue weighted by Crippen LogP contribution is 2.20. The summed E-state index contributed by atoms with van der Waals surface area (Å²) in [6, 6.07) is 8.74. The third kappa shape index (κ3) is 2.61. The summed E-state index contributed by atoms with van der Waals surface area (Å²) in [4.78, 5) is 3.41. The van der Waals surface area contributed by atoms with Gasteiger partial charge in [-0.3, -0.25) is 0 Å². The molecule has 0 bridgehead atoms. The molecule has 0 radical (unpaired) electrons. The van der Waals surface area contributed by atoms with Crippen molar-refractivity contribution < 1.29 is 0 Å².